The van der Waals surface area contributed by atoms with Crippen molar-refractivity contribution in [3.63, 3.8) is 0 Å². The van der Waals surface area contributed by atoms with Crippen molar-refractivity contribution in [3.8, 4) is 0 Å². The fourth-order valence-electron chi connectivity index (χ4n) is 2.88. The van der Waals surface area contributed by atoms with Crippen LogP contribution in [0.4, 0.5) is 4.79 Å². The first-order valence-electron chi connectivity index (χ1n) is 9.92. The highest BCUT2D eigenvalue weighted by atomic mass is 16.5. The van der Waals surface area contributed by atoms with E-state index >= 15 is 0 Å². The smallest absolute Gasteiger partial charge is 0.325 e. The van der Waals surface area contributed by atoms with Crippen LogP contribution in [0.2, 0.25) is 0 Å². The number of hydrogen-bond acceptors (Lipinski definition) is 5. The van der Waals surface area contributed by atoms with Crippen LogP contribution in [-0.4, -0.2) is 58.0 Å². The lowest BCUT2D eigenvalue weighted by Gasteiger charge is -2.30. The predicted octanol–water partition coefficient (Wildman–Crippen LogP) is 2.13. The molecule has 164 valence electrons. The summed E-state index contributed by atoms with van der Waals surface area (Å²) in [4.78, 5) is 40.2. The molecular formula is C21H30N4O5. The van der Waals surface area contributed by atoms with Crippen LogP contribution in [0, 0.1) is 0 Å². The molecule has 9 heteroatoms. The Morgan fingerprint density at radius 2 is 1.97 bits per heavy atom. The summed E-state index contributed by atoms with van der Waals surface area (Å²) in [5.74, 6) is -0.1000. The van der Waals surface area contributed by atoms with Crippen LogP contribution in [0.15, 0.2) is 41.1 Å². The fraction of sp³-hybridized carbons (Fsp3) is 0.476. The highest BCUT2D eigenvalue weighted by Crippen LogP contribution is 2.12. The topological polar surface area (TPSA) is 97.0 Å². The highest BCUT2D eigenvalue weighted by Gasteiger charge is 2.25. The SMILES string of the molecule is CCOC(=O)CNC(=O)N(CC(=O)N(Cc1ccco1)Cc1cccn1C)C(C)C. The van der Waals surface area contributed by atoms with Gasteiger partial charge in [0.1, 0.15) is 18.8 Å². The first kappa shape index (κ1) is 23.1. The number of carbonyl (C=O) groups excluding carboxylic acids is 3. The Morgan fingerprint density at radius 3 is 2.53 bits per heavy atom. The molecule has 0 unspecified atom stereocenters. The van der Waals surface area contributed by atoms with E-state index in [1.54, 1.807) is 30.2 Å². The largest absolute Gasteiger partial charge is 0.467 e. The van der Waals surface area contributed by atoms with Gasteiger partial charge in [-0.2, -0.15) is 0 Å². The number of ether oxygens (including phenoxy) is 1. The maximum atomic E-state index is 13.1. The van der Waals surface area contributed by atoms with E-state index in [1.165, 1.54) is 4.90 Å². The molecule has 9 nitrogen and oxygen atoms in total. The second-order valence-corrected chi connectivity index (χ2v) is 7.12. The zero-order valence-electron chi connectivity index (χ0n) is 18.0. The number of furan rings is 1. The van der Waals surface area contributed by atoms with Crippen LogP contribution >= 0.6 is 0 Å². The monoisotopic (exact) mass is 418 g/mol. The Bertz CT molecular complexity index is 828. The number of esters is 1. The maximum absolute atomic E-state index is 13.1. The number of rotatable bonds is 10. The molecule has 2 aromatic heterocycles. The van der Waals surface area contributed by atoms with Gasteiger partial charge in [-0.1, -0.05) is 0 Å². The number of nitrogens with one attached hydrogen (secondary N) is 1. The molecule has 1 N–H and O–H groups in total. The van der Waals surface area contributed by atoms with Gasteiger partial charge in [0.15, 0.2) is 0 Å². The number of amides is 3. The van der Waals surface area contributed by atoms with Gasteiger partial charge in [0.05, 0.1) is 26.0 Å². The van der Waals surface area contributed by atoms with Gasteiger partial charge in [-0.3, -0.25) is 9.59 Å². The van der Waals surface area contributed by atoms with E-state index in [4.69, 9.17) is 9.15 Å². The van der Waals surface area contributed by atoms with Gasteiger partial charge >= 0.3 is 12.0 Å². The number of nitrogens with zero attached hydrogens (tertiary/aromatic N) is 3. The minimum Gasteiger partial charge on any atom is -0.467 e. The molecule has 0 aliphatic heterocycles. The van der Waals surface area contributed by atoms with Crippen molar-refractivity contribution >= 4 is 17.9 Å². The van der Waals surface area contributed by atoms with E-state index in [-0.39, 0.29) is 38.2 Å². The van der Waals surface area contributed by atoms with Crippen LogP contribution in [0.5, 0.6) is 0 Å². The summed E-state index contributed by atoms with van der Waals surface area (Å²) in [5.41, 5.74) is 0.956. The summed E-state index contributed by atoms with van der Waals surface area (Å²) in [6, 6.07) is 6.68. The van der Waals surface area contributed by atoms with Crippen molar-refractivity contribution in [2.24, 2.45) is 7.05 Å². The van der Waals surface area contributed by atoms with Crippen LogP contribution < -0.4 is 5.32 Å². The second kappa shape index (κ2) is 11.1. The lowest BCUT2D eigenvalue weighted by molar-refractivity contribution is -0.141. The van der Waals surface area contributed by atoms with Crippen molar-refractivity contribution in [3.05, 3.63) is 48.2 Å². The number of aromatic nitrogens is 1. The van der Waals surface area contributed by atoms with Gasteiger partial charge in [0.25, 0.3) is 0 Å². The summed E-state index contributed by atoms with van der Waals surface area (Å²) < 4.78 is 12.2. The molecule has 0 aliphatic rings. The first-order valence-corrected chi connectivity index (χ1v) is 9.92. The fourth-order valence-corrected chi connectivity index (χ4v) is 2.88. The number of hydrogen-bond donors (Lipinski definition) is 1. The molecule has 2 heterocycles. The van der Waals surface area contributed by atoms with E-state index in [0.29, 0.717) is 12.3 Å². The van der Waals surface area contributed by atoms with Crippen molar-refractivity contribution in [2.45, 2.75) is 39.9 Å². The molecule has 0 atom stereocenters. The summed E-state index contributed by atoms with van der Waals surface area (Å²) in [6.45, 7) is 5.84. The molecule has 0 aliphatic carbocycles. The molecule has 2 rings (SSSR count). The number of aryl methyl sites for hydroxylation is 1. The summed E-state index contributed by atoms with van der Waals surface area (Å²) in [7, 11) is 1.91. The van der Waals surface area contributed by atoms with Gasteiger partial charge in [-0.25, -0.2) is 4.79 Å². The maximum Gasteiger partial charge on any atom is 0.325 e. The average molecular weight is 418 g/mol. The average Bonchev–Trinajstić information content (AvgIpc) is 3.35. The molecule has 0 spiro atoms. The van der Waals surface area contributed by atoms with Gasteiger partial charge in [-0.15, -0.1) is 0 Å². The van der Waals surface area contributed by atoms with Gasteiger partial charge in [0.2, 0.25) is 5.91 Å². The Hall–Kier alpha value is -3.23. The zero-order valence-corrected chi connectivity index (χ0v) is 18.0. The van der Waals surface area contributed by atoms with Crippen LogP contribution in [0.3, 0.4) is 0 Å². The van der Waals surface area contributed by atoms with Crippen LogP contribution in [0.1, 0.15) is 32.2 Å². The Morgan fingerprint density at radius 1 is 1.20 bits per heavy atom. The Balaban J connectivity index is 2.08. The summed E-state index contributed by atoms with van der Waals surface area (Å²) in [5, 5.41) is 2.51. The Kier molecular flexibility index (Phi) is 8.52. The van der Waals surface area contributed by atoms with Gasteiger partial charge in [-0.05, 0) is 45.0 Å². The van der Waals surface area contributed by atoms with E-state index in [1.807, 2.05) is 43.8 Å². The van der Waals surface area contributed by atoms with Crippen molar-refractivity contribution in [1.82, 2.24) is 19.7 Å². The first-order chi connectivity index (χ1) is 14.3. The van der Waals surface area contributed by atoms with Gasteiger partial charge < -0.3 is 28.8 Å². The summed E-state index contributed by atoms with van der Waals surface area (Å²) in [6.07, 6.45) is 3.47. The molecule has 0 aromatic carbocycles. The third-order valence-corrected chi connectivity index (χ3v) is 4.56. The van der Waals surface area contributed by atoms with Crippen LogP contribution in [-0.2, 0) is 34.5 Å². The quantitative estimate of drug-likeness (QED) is 0.596. The van der Waals surface area contributed by atoms with Crippen molar-refractivity contribution in [2.75, 3.05) is 19.7 Å². The minimum atomic E-state index is -0.524. The van der Waals surface area contributed by atoms with E-state index in [2.05, 4.69) is 5.32 Å². The zero-order chi connectivity index (χ0) is 22.1. The highest BCUT2D eigenvalue weighted by molar-refractivity contribution is 5.86. The molecule has 2 aromatic rings. The Labute approximate surface area is 176 Å². The van der Waals surface area contributed by atoms with E-state index in [0.717, 1.165) is 5.69 Å². The van der Waals surface area contributed by atoms with Gasteiger partial charge in [0, 0.05) is 25.0 Å². The summed E-state index contributed by atoms with van der Waals surface area (Å²) >= 11 is 0. The standard InChI is InChI=1S/C21H30N4O5/c1-5-29-20(27)12-22-21(28)25(16(2)3)15-19(26)24(14-18-9-7-11-30-18)13-17-8-6-10-23(17)4/h6-11,16H,5,12-15H2,1-4H3,(H,22,28). The minimum absolute atomic E-state index is 0.128. The lowest BCUT2D eigenvalue weighted by Crippen LogP contribution is -2.50. The number of carbonyl (C=O) groups is 3. The molecule has 0 radical (unpaired) electrons. The van der Waals surface area contributed by atoms with Crippen molar-refractivity contribution < 1.29 is 23.5 Å². The molecule has 0 bridgehead atoms. The molecule has 0 saturated carbocycles. The normalized spacial score (nSPS) is 10.7. The molecule has 0 fully saturated rings. The molecule has 30 heavy (non-hydrogen) atoms. The second-order valence-electron chi connectivity index (χ2n) is 7.12. The van der Waals surface area contributed by atoms with Crippen molar-refractivity contribution in [1.29, 1.82) is 0 Å². The number of urea groups is 1. The van der Waals surface area contributed by atoms with E-state index in [9.17, 15) is 14.4 Å². The predicted molar refractivity (Wildman–Crippen MR) is 110 cm³/mol. The lowest BCUT2D eigenvalue weighted by atomic mass is 10.3. The molecular weight excluding hydrogens is 388 g/mol. The molecule has 3 amide bonds. The third kappa shape index (κ3) is 6.68. The third-order valence-electron chi connectivity index (χ3n) is 4.56. The van der Waals surface area contributed by atoms with Crippen LogP contribution in [0.25, 0.3) is 0 Å². The van der Waals surface area contributed by atoms with E-state index < -0.39 is 12.0 Å². The molecule has 0 saturated heterocycles.